The summed E-state index contributed by atoms with van der Waals surface area (Å²) in [5, 5.41) is 14.5. The molecule has 1 aromatic carbocycles. The summed E-state index contributed by atoms with van der Waals surface area (Å²) in [6.45, 7) is -1.15. The summed E-state index contributed by atoms with van der Waals surface area (Å²) < 4.78 is 46.8. The van der Waals surface area contributed by atoms with Crippen molar-refractivity contribution in [1.29, 1.82) is 0 Å². The Bertz CT molecular complexity index is 1190. The lowest BCUT2D eigenvalue weighted by Crippen LogP contribution is -2.43. The number of amidine groups is 1. The number of nitrogens with zero attached hydrogens (tertiary/aromatic N) is 3. The lowest BCUT2D eigenvalue weighted by Gasteiger charge is -2.30. The third-order valence-electron chi connectivity index (χ3n) is 5.44. The van der Waals surface area contributed by atoms with Gasteiger partial charge in [-0.25, -0.2) is 22.9 Å². The van der Waals surface area contributed by atoms with Crippen LogP contribution in [0, 0.1) is 5.82 Å². The second-order valence-electron chi connectivity index (χ2n) is 7.71. The molecule has 2 aliphatic heterocycles. The van der Waals surface area contributed by atoms with Crippen molar-refractivity contribution in [3.05, 3.63) is 62.5 Å². The van der Waals surface area contributed by atoms with Crippen LogP contribution in [0.3, 0.4) is 0 Å². The van der Waals surface area contributed by atoms with Crippen LogP contribution in [0.5, 0.6) is 0 Å². The van der Waals surface area contributed by atoms with E-state index in [4.69, 9.17) is 16.3 Å². The van der Waals surface area contributed by atoms with Gasteiger partial charge < -0.3 is 15.2 Å². The van der Waals surface area contributed by atoms with Crippen molar-refractivity contribution < 1.29 is 32.6 Å². The van der Waals surface area contributed by atoms with Crippen molar-refractivity contribution >= 4 is 40.7 Å². The van der Waals surface area contributed by atoms with Gasteiger partial charge in [-0.1, -0.05) is 17.7 Å². The van der Waals surface area contributed by atoms with Crippen LogP contribution in [0.15, 0.2) is 46.0 Å². The fourth-order valence-corrected chi connectivity index (χ4v) is 4.82. The number of carboxylic acids is 1. The number of methoxy groups -OCH3 is 1. The Labute approximate surface area is 200 Å². The lowest BCUT2D eigenvalue weighted by molar-refractivity contribution is -0.142. The molecule has 8 nitrogen and oxygen atoms in total. The largest absolute Gasteiger partial charge is 0.480 e. The first-order chi connectivity index (χ1) is 16.1. The van der Waals surface area contributed by atoms with Crippen LogP contribution >= 0.6 is 22.9 Å². The number of hydrogen-bond donors (Lipinski definition) is 2. The van der Waals surface area contributed by atoms with Gasteiger partial charge in [-0.3, -0.25) is 14.7 Å². The third-order valence-corrected chi connectivity index (χ3v) is 6.54. The number of rotatable bonds is 6. The zero-order chi connectivity index (χ0) is 24.6. The van der Waals surface area contributed by atoms with Gasteiger partial charge in [0.1, 0.15) is 17.9 Å². The second-order valence-corrected chi connectivity index (χ2v) is 9.01. The molecule has 0 aliphatic carbocycles. The van der Waals surface area contributed by atoms with Crippen molar-refractivity contribution in [2.24, 2.45) is 4.99 Å². The summed E-state index contributed by atoms with van der Waals surface area (Å²) in [7, 11) is 1.14. The Balaban J connectivity index is 1.84. The van der Waals surface area contributed by atoms with E-state index in [0.29, 0.717) is 5.01 Å². The number of ether oxygens (including phenoxy) is 1. The first-order valence-electron chi connectivity index (χ1n) is 9.95. The highest BCUT2D eigenvalue weighted by Gasteiger charge is 2.49. The number of likely N-dealkylation sites (tertiary alicyclic amines) is 1. The fraction of sp³-hybridized carbons (Fsp3) is 0.333. The van der Waals surface area contributed by atoms with E-state index in [1.54, 1.807) is 5.38 Å². The molecule has 1 unspecified atom stereocenters. The highest BCUT2D eigenvalue weighted by Crippen LogP contribution is 2.38. The topological polar surface area (TPSA) is 104 Å². The first kappa shape index (κ1) is 24.2. The summed E-state index contributed by atoms with van der Waals surface area (Å²) in [6.07, 6.45) is 0.675. The Morgan fingerprint density at radius 2 is 2.18 bits per heavy atom. The monoisotopic (exact) mass is 514 g/mol. The molecule has 34 heavy (non-hydrogen) atoms. The molecule has 13 heteroatoms. The molecule has 1 aromatic heterocycles. The average Bonchev–Trinajstić information content (AvgIpc) is 3.40. The van der Waals surface area contributed by atoms with Crippen LogP contribution < -0.4 is 5.32 Å². The zero-order valence-electron chi connectivity index (χ0n) is 17.6. The molecular formula is C21H18ClF3N4O4S. The molecule has 180 valence electrons. The molecule has 2 aromatic rings. The number of benzene rings is 1. The number of halogens is 4. The van der Waals surface area contributed by atoms with Crippen LogP contribution in [-0.4, -0.2) is 64.9 Å². The van der Waals surface area contributed by atoms with Gasteiger partial charge in [0.05, 0.1) is 19.2 Å². The number of thiazole rings is 1. The molecule has 2 aliphatic rings. The summed E-state index contributed by atoms with van der Waals surface area (Å²) in [4.78, 5) is 34.3. The van der Waals surface area contributed by atoms with Crippen molar-refractivity contribution in [3.8, 4) is 0 Å². The zero-order valence-corrected chi connectivity index (χ0v) is 19.2. The number of nitrogens with one attached hydrogen (secondary N) is 1. The van der Waals surface area contributed by atoms with E-state index < -0.39 is 48.7 Å². The molecular weight excluding hydrogens is 497 g/mol. The Morgan fingerprint density at radius 3 is 2.79 bits per heavy atom. The molecule has 0 spiro atoms. The number of carboxylic acid groups (broad SMARTS) is 1. The average molecular weight is 515 g/mol. The van der Waals surface area contributed by atoms with Crippen molar-refractivity contribution in [2.45, 2.75) is 24.4 Å². The Kier molecular flexibility index (Phi) is 6.65. The molecule has 2 N–H and O–H groups in total. The normalized spacial score (nSPS) is 22.3. The maximum atomic E-state index is 14.1. The number of aromatic nitrogens is 1. The molecule has 0 bridgehead atoms. The smallest absolute Gasteiger partial charge is 0.338 e. The SMILES string of the molecule is COC(=O)C1=C(CN2CC(F)(F)C[C@H]2C(=O)O)NC(c2nccs2)=NC1c1ccc(F)cc1Cl. The van der Waals surface area contributed by atoms with Crippen molar-refractivity contribution in [1.82, 2.24) is 15.2 Å². The van der Waals surface area contributed by atoms with Gasteiger partial charge in [0.2, 0.25) is 0 Å². The standard InChI is InChI=1S/C21H18ClF3N4O4S/c1-33-20(32)15-13(8-29-9-21(24,25)7-14(29)19(30)31)27-17(18-26-4-5-34-18)28-16(15)11-3-2-10(23)6-12(11)22/h2-6,14,16H,7-9H2,1H3,(H,27,28)(H,30,31)/t14-,16?/m0/s1. The maximum absolute atomic E-state index is 14.1. The van der Waals surface area contributed by atoms with E-state index in [0.717, 1.165) is 24.1 Å². The van der Waals surface area contributed by atoms with Gasteiger partial charge in [-0.15, -0.1) is 11.3 Å². The van der Waals surface area contributed by atoms with E-state index in [-0.39, 0.29) is 34.2 Å². The second kappa shape index (κ2) is 9.35. The highest BCUT2D eigenvalue weighted by atomic mass is 35.5. The Hall–Kier alpha value is -2.96. The Morgan fingerprint density at radius 1 is 1.41 bits per heavy atom. The summed E-state index contributed by atoms with van der Waals surface area (Å²) >= 11 is 7.50. The molecule has 2 atom stereocenters. The third kappa shape index (κ3) is 4.79. The van der Waals surface area contributed by atoms with Gasteiger partial charge in [-0.05, 0) is 12.1 Å². The van der Waals surface area contributed by atoms with Gasteiger partial charge >= 0.3 is 11.9 Å². The molecule has 4 rings (SSSR count). The van der Waals surface area contributed by atoms with Crippen LogP contribution in [0.4, 0.5) is 13.2 Å². The number of carbonyl (C=O) groups excluding carboxylic acids is 1. The van der Waals surface area contributed by atoms with Crippen molar-refractivity contribution in [3.63, 3.8) is 0 Å². The predicted molar refractivity (Wildman–Crippen MR) is 118 cm³/mol. The number of alkyl halides is 2. The van der Waals surface area contributed by atoms with Crippen molar-refractivity contribution in [2.75, 3.05) is 20.2 Å². The van der Waals surface area contributed by atoms with E-state index in [1.165, 1.54) is 23.6 Å². The van der Waals surface area contributed by atoms with E-state index >= 15 is 0 Å². The van der Waals surface area contributed by atoms with E-state index in [9.17, 15) is 27.9 Å². The number of aliphatic carboxylic acids is 1. The number of hydrogen-bond acceptors (Lipinski definition) is 8. The van der Waals surface area contributed by atoms with E-state index in [2.05, 4.69) is 15.3 Å². The first-order valence-corrected chi connectivity index (χ1v) is 11.2. The van der Waals surface area contributed by atoms with Gasteiger partial charge in [0.15, 0.2) is 10.8 Å². The molecule has 0 amide bonds. The minimum atomic E-state index is -3.21. The van der Waals surface area contributed by atoms with Crippen LogP contribution in [0.25, 0.3) is 0 Å². The number of esters is 1. The number of aliphatic imine (C=N–C) groups is 1. The maximum Gasteiger partial charge on any atom is 0.338 e. The summed E-state index contributed by atoms with van der Waals surface area (Å²) in [5.74, 6) is -5.82. The van der Waals surface area contributed by atoms with Crippen LogP contribution in [0.1, 0.15) is 23.0 Å². The van der Waals surface area contributed by atoms with E-state index in [1.807, 2.05) is 0 Å². The quantitative estimate of drug-likeness (QED) is 0.570. The highest BCUT2D eigenvalue weighted by molar-refractivity contribution is 7.11. The van der Waals surface area contributed by atoms with Crippen LogP contribution in [-0.2, 0) is 14.3 Å². The molecule has 1 fully saturated rings. The lowest BCUT2D eigenvalue weighted by atomic mass is 9.95. The molecule has 0 radical (unpaired) electrons. The van der Waals surface area contributed by atoms with Crippen LogP contribution in [0.2, 0.25) is 5.02 Å². The minimum Gasteiger partial charge on any atom is -0.480 e. The van der Waals surface area contributed by atoms with Gasteiger partial charge in [0, 0.05) is 40.8 Å². The molecule has 0 saturated carbocycles. The summed E-state index contributed by atoms with van der Waals surface area (Å²) in [6, 6.07) is 1.03. The molecule has 3 heterocycles. The summed E-state index contributed by atoms with van der Waals surface area (Å²) in [5.41, 5.74) is 0.329. The fourth-order valence-electron chi connectivity index (χ4n) is 3.96. The number of carbonyl (C=O) groups is 2. The predicted octanol–water partition coefficient (Wildman–Crippen LogP) is 3.25. The minimum absolute atomic E-state index is 0.00832. The molecule has 1 saturated heterocycles. The van der Waals surface area contributed by atoms with Gasteiger partial charge in [0.25, 0.3) is 5.92 Å². The van der Waals surface area contributed by atoms with Gasteiger partial charge in [-0.2, -0.15) is 0 Å².